The zero-order chi connectivity index (χ0) is 13.8. The van der Waals surface area contributed by atoms with E-state index in [9.17, 15) is 9.18 Å². The predicted molar refractivity (Wildman–Crippen MR) is 68.9 cm³/mol. The highest BCUT2D eigenvalue weighted by Gasteiger charge is 2.11. The molecule has 0 saturated carbocycles. The molecule has 98 valence electrons. The summed E-state index contributed by atoms with van der Waals surface area (Å²) in [6, 6.07) is 4.43. The van der Waals surface area contributed by atoms with Crippen molar-refractivity contribution < 1.29 is 9.18 Å². The van der Waals surface area contributed by atoms with Gasteiger partial charge < -0.3 is 10.7 Å². The van der Waals surface area contributed by atoms with Gasteiger partial charge in [-0.1, -0.05) is 0 Å². The van der Waals surface area contributed by atoms with Crippen molar-refractivity contribution >= 4 is 17.4 Å². The van der Waals surface area contributed by atoms with Crippen LogP contribution in [0, 0.1) is 12.7 Å². The Kier molecular flexibility index (Phi) is 3.67. The summed E-state index contributed by atoms with van der Waals surface area (Å²) < 4.78 is 13.4. The average molecular weight is 261 g/mol. The maximum absolute atomic E-state index is 13.4. The van der Waals surface area contributed by atoms with Crippen molar-refractivity contribution in [2.45, 2.75) is 6.92 Å². The molecule has 2 heterocycles. The fraction of sp³-hybridized carbons (Fsp3) is 0.0833. The third kappa shape index (κ3) is 3.02. The summed E-state index contributed by atoms with van der Waals surface area (Å²) in [4.78, 5) is 19.7. The third-order valence-corrected chi connectivity index (χ3v) is 2.38. The second-order valence-corrected chi connectivity index (χ2v) is 3.84. The maximum atomic E-state index is 13.4. The average Bonchev–Trinajstić information content (AvgIpc) is 2.40. The van der Waals surface area contributed by atoms with E-state index in [-0.39, 0.29) is 5.69 Å². The van der Waals surface area contributed by atoms with Crippen molar-refractivity contribution in [1.82, 2.24) is 9.97 Å². The molecular formula is C12H12FN5O. The Morgan fingerprint density at radius 2 is 2.21 bits per heavy atom. The summed E-state index contributed by atoms with van der Waals surface area (Å²) in [5.41, 5.74) is 3.38. The summed E-state index contributed by atoms with van der Waals surface area (Å²) >= 11 is 0. The first kappa shape index (κ1) is 12.9. The van der Waals surface area contributed by atoms with Gasteiger partial charge in [-0.25, -0.2) is 15.2 Å². The van der Waals surface area contributed by atoms with E-state index in [1.54, 1.807) is 13.0 Å². The fourth-order valence-corrected chi connectivity index (χ4v) is 1.54. The smallest absolute Gasteiger partial charge is 0.255 e. The zero-order valence-corrected chi connectivity index (χ0v) is 10.1. The lowest BCUT2D eigenvalue weighted by atomic mass is 10.2. The van der Waals surface area contributed by atoms with Crippen LogP contribution in [0.2, 0.25) is 0 Å². The minimum Gasteiger partial charge on any atom is -0.319 e. The zero-order valence-electron chi connectivity index (χ0n) is 10.1. The molecule has 4 N–H and O–H groups in total. The van der Waals surface area contributed by atoms with Crippen LogP contribution in [0.25, 0.3) is 0 Å². The molecule has 19 heavy (non-hydrogen) atoms. The molecule has 0 aromatic carbocycles. The molecule has 2 aromatic heterocycles. The minimum atomic E-state index is -0.598. The summed E-state index contributed by atoms with van der Waals surface area (Å²) in [6.45, 7) is 1.73. The van der Waals surface area contributed by atoms with Gasteiger partial charge in [0.05, 0.1) is 11.9 Å². The lowest BCUT2D eigenvalue weighted by Gasteiger charge is -2.08. The Bertz CT molecular complexity index is 617. The number of hydrogen-bond donors (Lipinski definition) is 3. The largest absolute Gasteiger partial charge is 0.319 e. The van der Waals surface area contributed by atoms with E-state index < -0.39 is 11.7 Å². The fourth-order valence-electron chi connectivity index (χ4n) is 1.54. The van der Waals surface area contributed by atoms with E-state index in [1.165, 1.54) is 18.3 Å². The van der Waals surface area contributed by atoms with Gasteiger partial charge in [0.2, 0.25) is 0 Å². The second-order valence-electron chi connectivity index (χ2n) is 3.84. The number of hydrogen-bond acceptors (Lipinski definition) is 5. The summed E-state index contributed by atoms with van der Waals surface area (Å²) in [5.74, 6) is 4.56. The number of hydrazine groups is 1. The van der Waals surface area contributed by atoms with Gasteiger partial charge in [-0.2, -0.15) is 0 Å². The number of nitrogens with zero attached hydrogens (tertiary/aromatic N) is 2. The van der Waals surface area contributed by atoms with Crippen LogP contribution in [0.1, 0.15) is 16.1 Å². The van der Waals surface area contributed by atoms with Crippen LogP contribution < -0.4 is 16.6 Å². The first-order valence-electron chi connectivity index (χ1n) is 5.46. The number of carbonyl (C=O) groups is 1. The lowest BCUT2D eigenvalue weighted by Crippen LogP contribution is -2.15. The van der Waals surface area contributed by atoms with Crippen molar-refractivity contribution in [2.75, 3.05) is 10.7 Å². The molecule has 0 atom stereocenters. The number of pyridine rings is 2. The van der Waals surface area contributed by atoms with Gasteiger partial charge >= 0.3 is 0 Å². The van der Waals surface area contributed by atoms with Crippen LogP contribution in [0.5, 0.6) is 0 Å². The predicted octanol–water partition coefficient (Wildman–Crippen LogP) is 1.46. The van der Waals surface area contributed by atoms with Gasteiger partial charge in [0.1, 0.15) is 5.82 Å². The molecule has 1 amide bonds. The monoisotopic (exact) mass is 261 g/mol. The molecule has 0 saturated heterocycles. The Balaban J connectivity index is 2.25. The van der Waals surface area contributed by atoms with E-state index in [2.05, 4.69) is 20.7 Å². The molecule has 0 aliphatic rings. The summed E-state index contributed by atoms with van der Waals surface area (Å²) in [5, 5.41) is 2.45. The number of aryl methyl sites for hydroxylation is 1. The Labute approximate surface area is 108 Å². The Hall–Kier alpha value is -2.54. The number of carbonyl (C=O) groups excluding carboxylic acids is 1. The number of amides is 1. The molecule has 0 aliphatic heterocycles. The van der Waals surface area contributed by atoms with E-state index in [0.29, 0.717) is 17.1 Å². The quantitative estimate of drug-likeness (QED) is 0.574. The topological polar surface area (TPSA) is 92.9 Å². The molecule has 2 rings (SSSR count). The number of anilines is 2. The molecule has 0 unspecified atom stereocenters. The highest BCUT2D eigenvalue weighted by molar-refractivity contribution is 6.04. The molecule has 0 aliphatic carbocycles. The van der Waals surface area contributed by atoms with E-state index >= 15 is 0 Å². The highest BCUT2D eigenvalue weighted by atomic mass is 19.1. The minimum absolute atomic E-state index is 0.0664. The first-order chi connectivity index (χ1) is 9.10. The number of nitrogens with two attached hydrogens (primary N) is 1. The second kappa shape index (κ2) is 5.40. The first-order valence-corrected chi connectivity index (χ1v) is 5.46. The molecule has 2 aromatic rings. The molecule has 0 bridgehead atoms. The van der Waals surface area contributed by atoms with Crippen LogP contribution in [-0.2, 0) is 0 Å². The number of nitrogens with one attached hydrogen (secondary N) is 2. The van der Waals surface area contributed by atoms with E-state index in [0.717, 1.165) is 6.20 Å². The standard InChI is InChI=1S/C12H12FN5O/c1-7-4-8(5-11(16-7)18-14)12(19)17-10-2-3-15-6-9(10)13/h2-6H,14H2,1H3,(H,16,18)(H,15,17,19). The van der Waals surface area contributed by atoms with Crippen LogP contribution in [0.4, 0.5) is 15.9 Å². The van der Waals surface area contributed by atoms with Crippen LogP contribution in [0.3, 0.4) is 0 Å². The molecular weight excluding hydrogens is 249 g/mol. The molecule has 7 heteroatoms. The van der Waals surface area contributed by atoms with Crippen molar-refractivity contribution in [1.29, 1.82) is 0 Å². The van der Waals surface area contributed by atoms with Crippen molar-refractivity contribution in [3.05, 3.63) is 47.7 Å². The van der Waals surface area contributed by atoms with E-state index in [1.807, 2.05) is 0 Å². The molecule has 6 nitrogen and oxygen atoms in total. The van der Waals surface area contributed by atoms with Crippen LogP contribution >= 0.6 is 0 Å². The van der Waals surface area contributed by atoms with E-state index in [4.69, 9.17) is 5.84 Å². The highest BCUT2D eigenvalue weighted by Crippen LogP contribution is 2.14. The lowest BCUT2D eigenvalue weighted by molar-refractivity contribution is 0.102. The number of aromatic nitrogens is 2. The van der Waals surface area contributed by atoms with Gasteiger partial charge in [0.15, 0.2) is 5.82 Å². The molecule has 0 spiro atoms. The van der Waals surface area contributed by atoms with Crippen LogP contribution in [-0.4, -0.2) is 15.9 Å². The van der Waals surface area contributed by atoms with Gasteiger partial charge in [-0.3, -0.25) is 9.78 Å². The maximum Gasteiger partial charge on any atom is 0.255 e. The van der Waals surface area contributed by atoms with Gasteiger partial charge in [0, 0.05) is 17.5 Å². The van der Waals surface area contributed by atoms with Gasteiger partial charge in [-0.15, -0.1) is 0 Å². The molecule has 0 radical (unpaired) electrons. The van der Waals surface area contributed by atoms with Crippen LogP contribution in [0.15, 0.2) is 30.6 Å². The van der Waals surface area contributed by atoms with Crippen molar-refractivity contribution in [3.8, 4) is 0 Å². The summed E-state index contributed by atoms with van der Waals surface area (Å²) in [6.07, 6.45) is 2.42. The Morgan fingerprint density at radius 3 is 2.89 bits per heavy atom. The van der Waals surface area contributed by atoms with Crippen molar-refractivity contribution in [2.24, 2.45) is 5.84 Å². The third-order valence-electron chi connectivity index (χ3n) is 2.38. The number of halogens is 1. The summed E-state index contributed by atoms with van der Waals surface area (Å²) in [7, 11) is 0. The van der Waals surface area contributed by atoms with Gasteiger partial charge in [0.25, 0.3) is 5.91 Å². The Morgan fingerprint density at radius 1 is 1.42 bits per heavy atom. The van der Waals surface area contributed by atoms with Crippen molar-refractivity contribution in [3.63, 3.8) is 0 Å². The van der Waals surface area contributed by atoms with Gasteiger partial charge in [-0.05, 0) is 25.1 Å². The number of rotatable bonds is 3. The normalized spacial score (nSPS) is 10.1. The molecule has 0 fully saturated rings. The number of nitrogen functional groups attached to an aromatic ring is 1. The SMILES string of the molecule is Cc1cc(C(=O)Nc2ccncc2F)cc(NN)n1.